The van der Waals surface area contributed by atoms with Crippen LogP contribution in [0.5, 0.6) is 0 Å². The van der Waals surface area contributed by atoms with Gasteiger partial charge in [0.05, 0.1) is 13.9 Å². The molecule has 0 heterocycles. The van der Waals surface area contributed by atoms with Gasteiger partial charge >= 0.3 is 0 Å². The number of nitrogens with two attached hydrogens (primary N) is 1. The number of carbonyl (C=O) groups excluding carboxylic acids is 1. The lowest BCUT2D eigenvalue weighted by molar-refractivity contribution is -0.124. The van der Waals surface area contributed by atoms with Crippen LogP contribution in [0, 0.1) is 5.41 Å². The highest BCUT2D eigenvalue weighted by Gasteiger charge is 2.27. The zero-order valence-electron chi connectivity index (χ0n) is 8.22. The molecule has 0 aromatic rings. The van der Waals surface area contributed by atoms with Gasteiger partial charge in [0, 0.05) is 0 Å². The van der Waals surface area contributed by atoms with E-state index in [4.69, 9.17) is 13.6 Å². The van der Waals surface area contributed by atoms with Crippen molar-refractivity contribution in [2.45, 2.75) is 39.7 Å². The van der Waals surface area contributed by atoms with E-state index >= 15 is 0 Å². The molecule has 0 aliphatic carbocycles. The Kier molecular flexibility index (Phi) is 3.77. The minimum absolute atomic E-state index is 0.197. The maximum absolute atomic E-state index is 11.3. The van der Waals surface area contributed by atoms with Crippen LogP contribution in [-0.2, 0) is 4.79 Å². The van der Waals surface area contributed by atoms with Crippen LogP contribution < -0.4 is 11.1 Å². The fourth-order valence-corrected chi connectivity index (χ4v) is 0.707. The van der Waals surface area contributed by atoms with Gasteiger partial charge < -0.3 is 11.1 Å². The Labute approximate surface area is 75.5 Å². The Morgan fingerprint density at radius 2 is 1.92 bits per heavy atom. The van der Waals surface area contributed by atoms with Crippen molar-refractivity contribution in [3.63, 3.8) is 0 Å². The lowest BCUT2D eigenvalue weighted by atomic mass is 9.86. The smallest absolute Gasteiger partial charge is 0.236 e. The van der Waals surface area contributed by atoms with Crippen molar-refractivity contribution in [1.29, 1.82) is 0 Å². The summed E-state index contributed by atoms with van der Waals surface area (Å²) >= 11 is 0. The van der Waals surface area contributed by atoms with E-state index < -0.39 is 6.04 Å². The fourth-order valence-electron chi connectivity index (χ4n) is 0.707. The van der Waals surface area contributed by atoms with Gasteiger partial charge in [-0.15, -0.1) is 0 Å². The van der Waals surface area contributed by atoms with Crippen LogP contribution >= 0.6 is 0 Å². The lowest BCUT2D eigenvalue weighted by Gasteiger charge is -2.26. The van der Waals surface area contributed by atoms with Crippen LogP contribution in [0.4, 0.5) is 0 Å². The summed E-state index contributed by atoms with van der Waals surface area (Å²) in [7, 11) is 5.39. The molecular weight excluding hydrogens is 151 g/mol. The summed E-state index contributed by atoms with van der Waals surface area (Å²) < 4.78 is 0. The Bertz CT molecular complexity index is 163. The van der Waals surface area contributed by atoms with Gasteiger partial charge in [-0.1, -0.05) is 27.7 Å². The predicted octanol–water partition coefficient (Wildman–Crippen LogP) is -0.00950. The molecule has 0 spiro atoms. The third kappa shape index (κ3) is 3.76. The Morgan fingerprint density at radius 1 is 1.50 bits per heavy atom. The molecule has 2 atom stereocenters. The number of amides is 1. The molecule has 3 nitrogen and oxygen atoms in total. The monoisotopic (exact) mass is 168 g/mol. The standard InChI is InChI=1S/C8H17BN2O/c1-5(9)11-7(12)6(10)8(2,3)4/h5-6H,10H2,1-4H3,(H,11,12)/t5-,6?/m1/s1. The van der Waals surface area contributed by atoms with Gasteiger partial charge in [0.15, 0.2) is 0 Å². The average Bonchev–Trinajstić information content (AvgIpc) is 1.82. The number of carbonyl (C=O) groups is 1. The molecule has 0 aromatic carbocycles. The summed E-state index contributed by atoms with van der Waals surface area (Å²) in [4.78, 5) is 11.3. The molecule has 0 aromatic heterocycles. The number of hydrogen-bond acceptors (Lipinski definition) is 2. The summed E-state index contributed by atoms with van der Waals surface area (Å²) in [5.41, 5.74) is 5.45. The summed E-state index contributed by atoms with van der Waals surface area (Å²) in [5, 5.41) is 2.56. The number of nitrogens with one attached hydrogen (secondary N) is 1. The van der Waals surface area contributed by atoms with E-state index in [1.54, 1.807) is 6.92 Å². The molecule has 0 bridgehead atoms. The first kappa shape index (κ1) is 11.5. The summed E-state index contributed by atoms with van der Waals surface area (Å²) in [6, 6.07) is -0.511. The third-order valence-electron chi connectivity index (χ3n) is 1.59. The van der Waals surface area contributed by atoms with E-state index in [1.165, 1.54) is 0 Å². The summed E-state index contributed by atoms with van der Waals surface area (Å²) in [5.74, 6) is -0.539. The van der Waals surface area contributed by atoms with Crippen LogP contribution in [0.25, 0.3) is 0 Å². The predicted molar refractivity (Wildman–Crippen MR) is 50.8 cm³/mol. The van der Waals surface area contributed by atoms with Crippen molar-refractivity contribution >= 4 is 13.8 Å². The number of hydrogen-bond donors (Lipinski definition) is 2. The molecule has 0 rings (SSSR count). The second kappa shape index (κ2) is 3.94. The van der Waals surface area contributed by atoms with E-state index in [9.17, 15) is 4.79 Å². The number of rotatable bonds is 2. The van der Waals surface area contributed by atoms with E-state index in [0.717, 1.165) is 0 Å². The molecule has 0 fully saturated rings. The third-order valence-corrected chi connectivity index (χ3v) is 1.59. The maximum atomic E-state index is 11.3. The zero-order valence-corrected chi connectivity index (χ0v) is 8.22. The van der Waals surface area contributed by atoms with Gasteiger partial charge in [0.1, 0.15) is 0 Å². The molecule has 3 N–H and O–H groups in total. The zero-order chi connectivity index (χ0) is 9.94. The Balaban J connectivity index is 4.12. The van der Waals surface area contributed by atoms with Crippen LogP contribution in [0.2, 0.25) is 0 Å². The van der Waals surface area contributed by atoms with Crippen LogP contribution in [-0.4, -0.2) is 25.7 Å². The van der Waals surface area contributed by atoms with E-state index in [1.807, 2.05) is 20.8 Å². The van der Waals surface area contributed by atoms with Crippen LogP contribution in [0.15, 0.2) is 0 Å². The second-order valence-corrected chi connectivity index (χ2v) is 4.14. The van der Waals surface area contributed by atoms with E-state index in [0.29, 0.717) is 0 Å². The van der Waals surface area contributed by atoms with Gasteiger partial charge in [-0.2, -0.15) is 0 Å². The molecular formula is C8H17BN2O. The molecule has 12 heavy (non-hydrogen) atoms. The van der Waals surface area contributed by atoms with Gasteiger partial charge in [-0.3, -0.25) is 4.79 Å². The van der Waals surface area contributed by atoms with Crippen molar-refractivity contribution < 1.29 is 4.79 Å². The van der Waals surface area contributed by atoms with Crippen molar-refractivity contribution in [2.24, 2.45) is 11.1 Å². The van der Waals surface area contributed by atoms with Gasteiger partial charge in [-0.25, -0.2) is 0 Å². The quantitative estimate of drug-likeness (QED) is 0.569. The van der Waals surface area contributed by atoms with Crippen LogP contribution in [0.1, 0.15) is 27.7 Å². The topological polar surface area (TPSA) is 55.1 Å². The molecule has 2 radical (unpaired) electrons. The fraction of sp³-hybridized carbons (Fsp3) is 0.875. The molecule has 0 aliphatic heterocycles. The minimum Gasteiger partial charge on any atom is -0.361 e. The largest absolute Gasteiger partial charge is 0.361 e. The lowest BCUT2D eigenvalue weighted by Crippen LogP contribution is -2.50. The van der Waals surface area contributed by atoms with Crippen molar-refractivity contribution in [3.8, 4) is 0 Å². The molecule has 0 aliphatic rings. The molecule has 4 heteroatoms. The molecule has 0 saturated heterocycles. The van der Waals surface area contributed by atoms with Gasteiger partial charge in [0.2, 0.25) is 5.91 Å². The summed E-state index contributed by atoms with van der Waals surface area (Å²) in [6.45, 7) is 7.45. The molecule has 0 saturated carbocycles. The Morgan fingerprint density at radius 3 is 2.17 bits per heavy atom. The molecule has 1 unspecified atom stereocenters. The van der Waals surface area contributed by atoms with Crippen LogP contribution in [0.3, 0.4) is 0 Å². The normalized spacial score (nSPS) is 16.8. The van der Waals surface area contributed by atoms with Crippen molar-refractivity contribution in [1.82, 2.24) is 5.32 Å². The summed E-state index contributed by atoms with van der Waals surface area (Å²) in [6.07, 6.45) is 0. The first-order valence-corrected chi connectivity index (χ1v) is 4.06. The van der Waals surface area contributed by atoms with Crippen molar-refractivity contribution in [3.05, 3.63) is 0 Å². The Hall–Kier alpha value is -0.505. The van der Waals surface area contributed by atoms with E-state index in [2.05, 4.69) is 5.32 Å². The highest BCUT2D eigenvalue weighted by Crippen LogP contribution is 2.17. The molecule has 1 amide bonds. The second-order valence-electron chi connectivity index (χ2n) is 4.14. The maximum Gasteiger partial charge on any atom is 0.236 e. The first-order valence-electron chi connectivity index (χ1n) is 4.06. The highest BCUT2D eigenvalue weighted by molar-refractivity contribution is 6.12. The van der Waals surface area contributed by atoms with Gasteiger partial charge in [0.25, 0.3) is 0 Å². The van der Waals surface area contributed by atoms with Gasteiger partial charge in [-0.05, 0) is 11.4 Å². The highest BCUT2D eigenvalue weighted by atomic mass is 16.2. The average molecular weight is 168 g/mol. The van der Waals surface area contributed by atoms with Crippen molar-refractivity contribution in [2.75, 3.05) is 0 Å². The SMILES string of the molecule is [B][C@@H](C)NC(=O)C(N)C(C)(C)C. The first-order chi connectivity index (χ1) is 5.25. The minimum atomic E-state index is -0.511. The van der Waals surface area contributed by atoms with E-state index in [-0.39, 0.29) is 17.3 Å². The molecule has 68 valence electrons.